The van der Waals surface area contributed by atoms with Crippen molar-refractivity contribution >= 4 is 17.7 Å². The molecule has 0 unspecified atom stereocenters. The molecular formula is C30H35F5N4O4. The summed E-state index contributed by atoms with van der Waals surface area (Å²) in [5.74, 6) is -12.3. The standard InChI is InChI=1S/C30H35F5N4O4/c1-15-14-37-27(18-10-11-18)30(42)39(3)16(2)28(40)38-20(13-19-22(31)24(33)26(35)25(34)23(19)32)29(41)36-12-6-8-17-7-4-5-9-21(17)43-15/h4-5,7,9,15-16,18,20,27,37H,6,8,10-14H2,1-3H3,(H,36,41)(H,38,40)/t15-,16-,20-,27+/m1/s1. The number of rotatable bonds is 3. The number of amides is 3. The third-order valence-electron chi connectivity index (χ3n) is 7.86. The highest BCUT2D eigenvalue weighted by Crippen LogP contribution is 2.34. The number of fused-ring (bicyclic) bond motifs is 1. The van der Waals surface area contributed by atoms with Crippen LogP contribution >= 0.6 is 0 Å². The Kier molecular flexibility index (Phi) is 10.3. The predicted octanol–water partition coefficient (Wildman–Crippen LogP) is 3.15. The third kappa shape index (κ3) is 7.43. The number of ether oxygens (including phenoxy) is 1. The Morgan fingerprint density at radius 1 is 0.907 bits per heavy atom. The Morgan fingerprint density at radius 3 is 2.19 bits per heavy atom. The lowest BCUT2D eigenvalue weighted by atomic mass is 10.0. The van der Waals surface area contributed by atoms with Crippen LogP contribution in [0.5, 0.6) is 5.75 Å². The molecule has 2 aromatic carbocycles. The molecule has 0 spiro atoms. The molecule has 1 aliphatic carbocycles. The van der Waals surface area contributed by atoms with E-state index in [1.54, 1.807) is 0 Å². The minimum Gasteiger partial charge on any atom is -0.489 e. The van der Waals surface area contributed by atoms with Crippen LogP contribution < -0.4 is 20.7 Å². The molecule has 3 N–H and O–H groups in total. The Labute approximate surface area is 246 Å². The van der Waals surface area contributed by atoms with Crippen LogP contribution in [0.3, 0.4) is 0 Å². The SMILES string of the molecule is C[C@@H]1CN[C@@H](C2CC2)C(=O)N(C)[C@H](C)C(=O)N[C@H](Cc2c(F)c(F)c(F)c(F)c2F)C(=O)NCCCc2ccccc2O1. The van der Waals surface area contributed by atoms with Gasteiger partial charge in [0.1, 0.15) is 23.9 Å². The molecule has 234 valence electrons. The van der Waals surface area contributed by atoms with Gasteiger partial charge in [0, 0.05) is 32.1 Å². The van der Waals surface area contributed by atoms with E-state index in [2.05, 4.69) is 16.0 Å². The summed E-state index contributed by atoms with van der Waals surface area (Å²) in [6, 6.07) is 3.90. The number of hydrogen-bond acceptors (Lipinski definition) is 5. The minimum atomic E-state index is -2.33. The molecule has 1 saturated carbocycles. The van der Waals surface area contributed by atoms with Gasteiger partial charge in [-0.15, -0.1) is 0 Å². The molecule has 4 rings (SSSR count). The molecule has 13 heteroatoms. The number of aryl methyl sites for hydroxylation is 1. The zero-order chi connectivity index (χ0) is 31.4. The molecule has 8 nitrogen and oxygen atoms in total. The number of hydrogen-bond donors (Lipinski definition) is 3. The number of para-hydroxylation sites is 1. The molecular weight excluding hydrogens is 575 g/mol. The van der Waals surface area contributed by atoms with Crippen LogP contribution in [-0.4, -0.2) is 67.0 Å². The van der Waals surface area contributed by atoms with Gasteiger partial charge in [0.25, 0.3) is 0 Å². The van der Waals surface area contributed by atoms with E-state index in [0.717, 1.165) is 18.4 Å². The van der Waals surface area contributed by atoms with E-state index < -0.39 is 71.0 Å². The number of halogens is 5. The predicted molar refractivity (Wildman–Crippen MR) is 146 cm³/mol. The summed E-state index contributed by atoms with van der Waals surface area (Å²) in [6.07, 6.45) is 1.23. The van der Waals surface area contributed by atoms with E-state index in [1.165, 1.54) is 18.9 Å². The highest BCUT2D eigenvalue weighted by Gasteiger charge is 2.40. The van der Waals surface area contributed by atoms with Crippen molar-refractivity contribution < 1.29 is 41.1 Å². The molecule has 4 atom stereocenters. The quantitative estimate of drug-likeness (QED) is 0.282. The molecule has 0 radical (unpaired) electrons. The summed E-state index contributed by atoms with van der Waals surface area (Å²) in [5, 5.41) is 8.18. The van der Waals surface area contributed by atoms with Crippen molar-refractivity contribution in [2.24, 2.45) is 5.92 Å². The molecule has 1 aliphatic heterocycles. The van der Waals surface area contributed by atoms with E-state index in [4.69, 9.17) is 4.74 Å². The van der Waals surface area contributed by atoms with Crippen molar-refractivity contribution in [3.05, 3.63) is 64.5 Å². The Balaban J connectivity index is 1.63. The maximum atomic E-state index is 14.5. The Morgan fingerprint density at radius 2 is 1.53 bits per heavy atom. The second kappa shape index (κ2) is 13.7. The van der Waals surface area contributed by atoms with Crippen LogP contribution in [-0.2, 0) is 27.2 Å². The number of likely N-dealkylation sites (N-methyl/N-ethyl adjacent to an activating group) is 1. The first-order valence-electron chi connectivity index (χ1n) is 14.2. The fourth-order valence-electron chi connectivity index (χ4n) is 5.00. The highest BCUT2D eigenvalue weighted by molar-refractivity contribution is 5.93. The Bertz CT molecular complexity index is 1340. The van der Waals surface area contributed by atoms with E-state index in [0.29, 0.717) is 25.1 Å². The van der Waals surface area contributed by atoms with Crippen LogP contribution in [0, 0.1) is 35.0 Å². The monoisotopic (exact) mass is 610 g/mol. The summed E-state index contributed by atoms with van der Waals surface area (Å²) in [4.78, 5) is 41.0. The van der Waals surface area contributed by atoms with Gasteiger partial charge in [-0.1, -0.05) is 18.2 Å². The van der Waals surface area contributed by atoms with Crippen molar-refractivity contribution in [2.75, 3.05) is 20.1 Å². The molecule has 1 fully saturated rings. The second-order valence-corrected chi connectivity index (χ2v) is 11.1. The number of carbonyl (C=O) groups is 3. The number of nitrogens with zero attached hydrogens (tertiary/aromatic N) is 1. The maximum Gasteiger partial charge on any atom is 0.243 e. The van der Waals surface area contributed by atoms with Gasteiger partial charge in [0.15, 0.2) is 23.3 Å². The van der Waals surface area contributed by atoms with Crippen LogP contribution in [0.2, 0.25) is 0 Å². The highest BCUT2D eigenvalue weighted by atomic mass is 19.2. The van der Waals surface area contributed by atoms with Gasteiger partial charge in [-0.25, -0.2) is 22.0 Å². The molecule has 3 amide bonds. The number of nitrogens with one attached hydrogen (secondary N) is 3. The van der Waals surface area contributed by atoms with Crippen molar-refractivity contribution in [2.45, 2.75) is 70.2 Å². The molecule has 0 aromatic heterocycles. The number of benzene rings is 2. The van der Waals surface area contributed by atoms with Crippen molar-refractivity contribution in [1.82, 2.24) is 20.9 Å². The summed E-state index contributed by atoms with van der Waals surface area (Å²) >= 11 is 0. The normalized spacial score (nSPS) is 24.7. The molecule has 0 saturated heterocycles. The molecule has 2 aliphatic rings. The lowest BCUT2D eigenvalue weighted by Gasteiger charge is -2.31. The molecule has 1 heterocycles. The summed E-state index contributed by atoms with van der Waals surface area (Å²) < 4.78 is 76.6. The molecule has 43 heavy (non-hydrogen) atoms. The second-order valence-electron chi connectivity index (χ2n) is 11.1. The fourth-order valence-corrected chi connectivity index (χ4v) is 5.00. The van der Waals surface area contributed by atoms with Crippen LogP contribution in [0.4, 0.5) is 22.0 Å². The lowest BCUT2D eigenvalue weighted by Crippen LogP contribution is -2.57. The van der Waals surface area contributed by atoms with Gasteiger partial charge in [-0.2, -0.15) is 0 Å². The van der Waals surface area contributed by atoms with Gasteiger partial charge in [-0.3, -0.25) is 14.4 Å². The van der Waals surface area contributed by atoms with Crippen LogP contribution in [0.1, 0.15) is 44.2 Å². The molecule has 0 bridgehead atoms. The van der Waals surface area contributed by atoms with Gasteiger partial charge >= 0.3 is 0 Å². The first-order valence-corrected chi connectivity index (χ1v) is 14.2. The van der Waals surface area contributed by atoms with E-state index >= 15 is 0 Å². The first kappa shape index (κ1) is 32.2. The lowest BCUT2D eigenvalue weighted by molar-refractivity contribution is -0.141. The fraction of sp³-hybridized carbons (Fsp3) is 0.500. The topological polar surface area (TPSA) is 99.8 Å². The summed E-state index contributed by atoms with van der Waals surface area (Å²) in [7, 11) is 1.41. The van der Waals surface area contributed by atoms with Crippen LogP contribution in [0.25, 0.3) is 0 Å². The van der Waals surface area contributed by atoms with Gasteiger partial charge in [-0.05, 0) is 57.1 Å². The van der Waals surface area contributed by atoms with E-state index in [-0.39, 0.29) is 24.5 Å². The van der Waals surface area contributed by atoms with Gasteiger partial charge in [0.2, 0.25) is 23.5 Å². The van der Waals surface area contributed by atoms with Crippen molar-refractivity contribution in [3.8, 4) is 5.75 Å². The third-order valence-corrected chi connectivity index (χ3v) is 7.86. The zero-order valence-corrected chi connectivity index (χ0v) is 24.1. The molecule has 2 aromatic rings. The van der Waals surface area contributed by atoms with E-state index in [9.17, 15) is 36.3 Å². The zero-order valence-electron chi connectivity index (χ0n) is 24.1. The van der Waals surface area contributed by atoms with Gasteiger partial charge < -0.3 is 25.6 Å². The van der Waals surface area contributed by atoms with Crippen LogP contribution in [0.15, 0.2) is 24.3 Å². The smallest absolute Gasteiger partial charge is 0.243 e. The van der Waals surface area contributed by atoms with Crippen molar-refractivity contribution in [3.63, 3.8) is 0 Å². The van der Waals surface area contributed by atoms with Gasteiger partial charge in [0.05, 0.1) is 6.04 Å². The maximum absolute atomic E-state index is 14.5. The summed E-state index contributed by atoms with van der Waals surface area (Å²) in [6.45, 7) is 3.72. The minimum absolute atomic E-state index is 0.0584. The average Bonchev–Trinajstić information content (AvgIpc) is 3.83. The van der Waals surface area contributed by atoms with E-state index in [1.807, 2.05) is 31.2 Å². The Hall–Kier alpha value is -3.74. The average molecular weight is 611 g/mol. The summed E-state index contributed by atoms with van der Waals surface area (Å²) in [5.41, 5.74) is -0.381. The number of carbonyl (C=O) groups excluding carboxylic acids is 3. The van der Waals surface area contributed by atoms with Crippen molar-refractivity contribution in [1.29, 1.82) is 0 Å². The largest absolute Gasteiger partial charge is 0.489 e. The first-order chi connectivity index (χ1) is 20.4.